The van der Waals surface area contributed by atoms with Crippen molar-refractivity contribution in [3.63, 3.8) is 0 Å². The fraction of sp³-hybridized carbons (Fsp3) is 0.588. The fourth-order valence-electron chi connectivity index (χ4n) is 3.90. The number of carboxylic acid groups (broad SMARTS) is 1. The molecule has 0 aromatic heterocycles. The molecule has 1 atom stereocenters. The van der Waals surface area contributed by atoms with E-state index < -0.39 is 5.97 Å². The molecule has 1 aromatic rings. The summed E-state index contributed by atoms with van der Waals surface area (Å²) in [4.78, 5) is 13.9. The van der Waals surface area contributed by atoms with E-state index in [1.807, 2.05) is 6.07 Å². The SMILES string of the molecule is CC1(C)CCC(N2CCCc3c(C(=O)O)cccc32)C1. The number of aromatic carboxylic acids is 1. The van der Waals surface area contributed by atoms with Crippen molar-refractivity contribution >= 4 is 11.7 Å². The summed E-state index contributed by atoms with van der Waals surface area (Å²) in [6.07, 6.45) is 5.66. The minimum atomic E-state index is -0.796. The summed E-state index contributed by atoms with van der Waals surface area (Å²) in [5.41, 5.74) is 3.12. The lowest BCUT2D eigenvalue weighted by atomic mass is 9.90. The molecule has 1 saturated carbocycles. The Labute approximate surface area is 120 Å². The van der Waals surface area contributed by atoms with E-state index in [0.717, 1.165) is 24.9 Å². The van der Waals surface area contributed by atoms with Gasteiger partial charge in [0.25, 0.3) is 0 Å². The number of carboxylic acids is 1. The molecule has 1 aromatic carbocycles. The van der Waals surface area contributed by atoms with Gasteiger partial charge < -0.3 is 10.0 Å². The molecular weight excluding hydrogens is 250 g/mol. The van der Waals surface area contributed by atoms with E-state index in [-0.39, 0.29) is 0 Å². The summed E-state index contributed by atoms with van der Waals surface area (Å²) in [5, 5.41) is 9.36. The molecule has 0 amide bonds. The van der Waals surface area contributed by atoms with E-state index in [1.54, 1.807) is 6.07 Å². The van der Waals surface area contributed by atoms with Crippen LogP contribution in [0.25, 0.3) is 0 Å². The van der Waals surface area contributed by atoms with Gasteiger partial charge >= 0.3 is 5.97 Å². The first kappa shape index (κ1) is 13.5. The third kappa shape index (κ3) is 2.30. The Morgan fingerprint density at radius 3 is 2.85 bits per heavy atom. The van der Waals surface area contributed by atoms with E-state index in [9.17, 15) is 9.90 Å². The zero-order chi connectivity index (χ0) is 14.3. The molecular formula is C17H23NO2. The summed E-state index contributed by atoms with van der Waals surface area (Å²) < 4.78 is 0. The minimum Gasteiger partial charge on any atom is -0.478 e. The number of rotatable bonds is 2. The Kier molecular flexibility index (Phi) is 3.23. The average molecular weight is 273 g/mol. The fourth-order valence-corrected chi connectivity index (χ4v) is 3.90. The monoisotopic (exact) mass is 273 g/mol. The number of benzene rings is 1. The molecule has 3 heteroatoms. The molecule has 1 N–H and O–H groups in total. The van der Waals surface area contributed by atoms with E-state index in [4.69, 9.17) is 0 Å². The third-order valence-corrected chi connectivity index (χ3v) is 4.90. The molecule has 1 fully saturated rings. The molecule has 0 radical (unpaired) electrons. The average Bonchev–Trinajstić information content (AvgIpc) is 2.77. The standard InChI is InChI=1S/C17H23NO2/c1-17(2)9-8-12(11-17)18-10-4-6-13-14(16(19)20)5-3-7-15(13)18/h3,5,7,12H,4,6,8-11H2,1-2H3,(H,19,20). The first-order valence-electron chi connectivity index (χ1n) is 7.60. The molecule has 0 bridgehead atoms. The zero-order valence-electron chi connectivity index (χ0n) is 12.4. The molecule has 2 aliphatic rings. The first-order valence-corrected chi connectivity index (χ1v) is 7.60. The van der Waals surface area contributed by atoms with Gasteiger partial charge in [0.05, 0.1) is 5.56 Å². The topological polar surface area (TPSA) is 40.5 Å². The quantitative estimate of drug-likeness (QED) is 0.893. The third-order valence-electron chi connectivity index (χ3n) is 4.90. The number of carbonyl (C=O) groups is 1. The number of nitrogens with zero attached hydrogens (tertiary/aromatic N) is 1. The van der Waals surface area contributed by atoms with Crippen LogP contribution in [0.3, 0.4) is 0 Å². The summed E-state index contributed by atoms with van der Waals surface area (Å²) in [5.74, 6) is -0.796. The van der Waals surface area contributed by atoms with E-state index in [2.05, 4.69) is 24.8 Å². The normalized spacial score (nSPS) is 24.5. The zero-order valence-corrected chi connectivity index (χ0v) is 12.4. The van der Waals surface area contributed by atoms with Gasteiger partial charge in [0.1, 0.15) is 0 Å². The van der Waals surface area contributed by atoms with E-state index in [0.29, 0.717) is 17.0 Å². The highest BCUT2D eigenvalue weighted by Gasteiger charge is 2.36. The van der Waals surface area contributed by atoms with Gasteiger partial charge in [-0.3, -0.25) is 0 Å². The van der Waals surface area contributed by atoms with Gasteiger partial charge in [-0.25, -0.2) is 4.79 Å². The van der Waals surface area contributed by atoms with Crippen LogP contribution in [0.2, 0.25) is 0 Å². The summed E-state index contributed by atoms with van der Waals surface area (Å²) in [6.45, 7) is 5.74. The van der Waals surface area contributed by atoms with Crippen LogP contribution in [0.5, 0.6) is 0 Å². The van der Waals surface area contributed by atoms with Crippen molar-refractivity contribution in [2.24, 2.45) is 5.41 Å². The maximum absolute atomic E-state index is 11.4. The van der Waals surface area contributed by atoms with Gasteiger partial charge in [-0.1, -0.05) is 19.9 Å². The van der Waals surface area contributed by atoms with Crippen LogP contribution in [0.15, 0.2) is 18.2 Å². The Morgan fingerprint density at radius 1 is 1.40 bits per heavy atom. The molecule has 0 saturated heterocycles. The largest absolute Gasteiger partial charge is 0.478 e. The molecule has 20 heavy (non-hydrogen) atoms. The highest BCUT2D eigenvalue weighted by Crippen LogP contribution is 2.42. The molecule has 1 aliphatic carbocycles. The van der Waals surface area contributed by atoms with Crippen LogP contribution in [0.1, 0.15) is 55.5 Å². The first-order chi connectivity index (χ1) is 9.48. The Hall–Kier alpha value is -1.51. The van der Waals surface area contributed by atoms with Crippen LogP contribution in [-0.2, 0) is 6.42 Å². The summed E-state index contributed by atoms with van der Waals surface area (Å²) >= 11 is 0. The van der Waals surface area contributed by atoms with Gasteiger partial charge in [0, 0.05) is 18.3 Å². The van der Waals surface area contributed by atoms with E-state index >= 15 is 0 Å². The Morgan fingerprint density at radius 2 is 2.20 bits per heavy atom. The van der Waals surface area contributed by atoms with Gasteiger partial charge in [-0.2, -0.15) is 0 Å². The minimum absolute atomic E-state index is 0.423. The van der Waals surface area contributed by atoms with Crippen LogP contribution in [0, 0.1) is 5.41 Å². The molecule has 1 heterocycles. The smallest absolute Gasteiger partial charge is 0.336 e. The predicted molar refractivity (Wildman–Crippen MR) is 80.5 cm³/mol. The summed E-state index contributed by atoms with van der Waals surface area (Å²) in [7, 11) is 0. The van der Waals surface area contributed by atoms with Crippen LogP contribution in [0.4, 0.5) is 5.69 Å². The van der Waals surface area contributed by atoms with Crippen molar-refractivity contribution < 1.29 is 9.90 Å². The van der Waals surface area contributed by atoms with Gasteiger partial charge in [0.2, 0.25) is 0 Å². The van der Waals surface area contributed by atoms with Crippen molar-refractivity contribution in [2.45, 2.75) is 52.0 Å². The maximum Gasteiger partial charge on any atom is 0.336 e. The molecule has 1 aliphatic heterocycles. The molecule has 108 valence electrons. The van der Waals surface area contributed by atoms with Gasteiger partial charge in [-0.15, -0.1) is 0 Å². The lowest BCUT2D eigenvalue weighted by molar-refractivity contribution is 0.0695. The number of fused-ring (bicyclic) bond motifs is 1. The predicted octanol–water partition coefficient (Wildman–Crippen LogP) is 3.72. The van der Waals surface area contributed by atoms with E-state index in [1.165, 1.54) is 24.9 Å². The Balaban J connectivity index is 1.95. The second kappa shape index (κ2) is 4.80. The second-order valence-corrected chi connectivity index (χ2v) is 6.97. The van der Waals surface area contributed by atoms with Crippen molar-refractivity contribution in [3.05, 3.63) is 29.3 Å². The summed E-state index contributed by atoms with van der Waals surface area (Å²) in [6, 6.07) is 6.31. The highest BCUT2D eigenvalue weighted by molar-refractivity contribution is 5.91. The van der Waals surface area contributed by atoms with Crippen LogP contribution >= 0.6 is 0 Å². The maximum atomic E-state index is 11.4. The second-order valence-electron chi connectivity index (χ2n) is 6.97. The van der Waals surface area contributed by atoms with Crippen molar-refractivity contribution in [2.75, 3.05) is 11.4 Å². The highest BCUT2D eigenvalue weighted by atomic mass is 16.4. The Bertz CT molecular complexity index is 536. The van der Waals surface area contributed by atoms with Crippen LogP contribution in [-0.4, -0.2) is 23.7 Å². The van der Waals surface area contributed by atoms with Gasteiger partial charge in [0.15, 0.2) is 0 Å². The molecule has 1 unspecified atom stereocenters. The molecule has 3 rings (SSSR count). The number of hydrogen-bond acceptors (Lipinski definition) is 2. The lowest BCUT2D eigenvalue weighted by Gasteiger charge is -2.37. The molecule has 3 nitrogen and oxygen atoms in total. The van der Waals surface area contributed by atoms with Crippen molar-refractivity contribution in [1.82, 2.24) is 0 Å². The number of anilines is 1. The molecule has 0 spiro atoms. The van der Waals surface area contributed by atoms with Crippen LogP contribution < -0.4 is 4.90 Å². The number of hydrogen-bond donors (Lipinski definition) is 1. The van der Waals surface area contributed by atoms with Crippen molar-refractivity contribution in [1.29, 1.82) is 0 Å². The lowest BCUT2D eigenvalue weighted by Crippen LogP contribution is -2.38. The van der Waals surface area contributed by atoms with Gasteiger partial charge in [-0.05, 0) is 55.2 Å². The van der Waals surface area contributed by atoms with Crippen molar-refractivity contribution in [3.8, 4) is 0 Å².